The Balaban J connectivity index is 1.84. The molecule has 16 heavy (non-hydrogen) atoms. The van der Waals surface area contributed by atoms with Crippen molar-refractivity contribution in [3.05, 3.63) is 23.1 Å². The number of rotatable bonds is 3. The zero-order valence-electron chi connectivity index (χ0n) is 8.71. The third-order valence-electron chi connectivity index (χ3n) is 2.89. The monoisotopic (exact) mass is 261 g/mol. The Kier molecular flexibility index (Phi) is 3.77. The van der Waals surface area contributed by atoms with Crippen LogP contribution in [0.3, 0.4) is 0 Å². The summed E-state index contributed by atoms with van der Waals surface area (Å²) in [4.78, 5) is 11.6. The number of halogens is 2. The van der Waals surface area contributed by atoms with Crippen LogP contribution in [0.2, 0.25) is 5.22 Å². The van der Waals surface area contributed by atoms with Crippen LogP contribution < -0.4 is 5.32 Å². The second kappa shape index (κ2) is 5.11. The van der Waals surface area contributed by atoms with Crippen LogP contribution in [0.4, 0.5) is 0 Å². The molecule has 1 aromatic heterocycles. The maximum atomic E-state index is 11.6. The lowest BCUT2D eigenvalue weighted by atomic mass is 10.1. The molecule has 3 nitrogen and oxygen atoms in total. The molecule has 0 aromatic carbocycles. The summed E-state index contributed by atoms with van der Waals surface area (Å²) in [6.07, 6.45) is 3.25. The zero-order chi connectivity index (χ0) is 11.5. The van der Waals surface area contributed by atoms with Crippen LogP contribution in [0.15, 0.2) is 16.5 Å². The van der Waals surface area contributed by atoms with Gasteiger partial charge in [0.1, 0.15) is 0 Å². The highest BCUT2D eigenvalue weighted by Gasteiger charge is 2.25. The van der Waals surface area contributed by atoms with Gasteiger partial charge in [0.15, 0.2) is 11.0 Å². The van der Waals surface area contributed by atoms with Crippen molar-refractivity contribution < 1.29 is 9.21 Å². The normalized spacial score (nSPS) is 24.6. The molecule has 88 valence electrons. The number of nitrogens with one attached hydrogen (secondary N) is 1. The molecule has 2 rings (SSSR count). The molecule has 0 aliphatic heterocycles. The summed E-state index contributed by atoms with van der Waals surface area (Å²) in [5, 5.41) is 3.21. The van der Waals surface area contributed by atoms with Gasteiger partial charge in [-0.15, -0.1) is 11.6 Å². The van der Waals surface area contributed by atoms with E-state index in [-0.39, 0.29) is 22.3 Å². The van der Waals surface area contributed by atoms with E-state index in [9.17, 15) is 4.79 Å². The molecule has 1 N–H and O–H groups in total. The minimum atomic E-state index is -0.234. The fourth-order valence-electron chi connectivity index (χ4n) is 1.97. The Morgan fingerprint density at radius 3 is 2.88 bits per heavy atom. The lowest BCUT2D eigenvalue weighted by Gasteiger charge is -2.13. The van der Waals surface area contributed by atoms with Crippen molar-refractivity contribution in [2.75, 3.05) is 6.54 Å². The van der Waals surface area contributed by atoms with Crippen LogP contribution in [-0.4, -0.2) is 17.8 Å². The van der Waals surface area contributed by atoms with E-state index in [2.05, 4.69) is 5.32 Å². The second-order valence-electron chi connectivity index (χ2n) is 4.02. The molecule has 0 radical (unpaired) electrons. The summed E-state index contributed by atoms with van der Waals surface area (Å²) >= 11 is 11.7. The topological polar surface area (TPSA) is 42.2 Å². The molecule has 1 fully saturated rings. The molecule has 1 heterocycles. The third-order valence-corrected chi connectivity index (χ3v) is 3.67. The molecule has 1 aromatic rings. The molecular weight excluding hydrogens is 249 g/mol. The van der Waals surface area contributed by atoms with E-state index < -0.39 is 0 Å². The van der Waals surface area contributed by atoms with Crippen molar-refractivity contribution in [3.8, 4) is 0 Å². The van der Waals surface area contributed by atoms with E-state index in [0.29, 0.717) is 12.5 Å². The van der Waals surface area contributed by atoms with Gasteiger partial charge in [-0.25, -0.2) is 0 Å². The predicted octanol–water partition coefficient (Wildman–Crippen LogP) is 3.07. The van der Waals surface area contributed by atoms with Crippen molar-refractivity contribution in [3.63, 3.8) is 0 Å². The maximum Gasteiger partial charge on any atom is 0.287 e. The van der Waals surface area contributed by atoms with Gasteiger partial charge in [0, 0.05) is 11.9 Å². The molecule has 1 saturated carbocycles. The van der Waals surface area contributed by atoms with E-state index >= 15 is 0 Å². The minimum absolute atomic E-state index is 0.181. The minimum Gasteiger partial charge on any atom is -0.440 e. The van der Waals surface area contributed by atoms with Gasteiger partial charge in [-0.05, 0) is 42.5 Å². The Bertz CT molecular complexity index is 378. The molecule has 1 aliphatic carbocycles. The summed E-state index contributed by atoms with van der Waals surface area (Å²) in [7, 11) is 0. The lowest BCUT2D eigenvalue weighted by Crippen LogP contribution is -2.30. The van der Waals surface area contributed by atoms with Crippen LogP contribution in [0, 0.1) is 5.92 Å². The maximum absolute atomic E-state index is 11.6. The molecule has 2 atom stereocenters. The highest BCUT2D eigenvalue weighted by Crippen LogP contribution is 2.29. The summed E-state index contributed by atoms with van der Waals surface area (Å²) in [6.45, 7) is 0.602. The number of hydrogen-bond acceptors (Lipinski definition) is 2. The van der Waals surface area contributed by atoms with Gasteiger partial charge in [-0.1, -0.05) is 6.42 Å². The average Bonchev–Trinajstić information content (AvgIpc) is 2.84. The molecule has 0 bridgehead atoms. The van der Waals surface area contributed by atoms with Gasteiger partial charge in [0.2, 0.25) is 0 Å². The van der Waals surface area contributed by atoms with Crippen LogP contribution >= 0.6 is 23.2 Å². The van der Waals surface area contributed by atoms with E-state index in [1.165, 1.54) is 0 Å². The number of carbonyl (C=O) groups excluding carboxylic acids is 1. The van der Waals surface area contributed by atoms with E-state index in [1.54, 1.807) is 12.1 Å². The Hall–Kier alpha value is -0.670. The van der Waals surface area contributed by atoms with Gasteiger partial charge in [0.05, 0.1) is 0 Å². The highest BCUT2D eigenvalue weighted by atomic mass is 35.5. The molecule has 1 aliphatic rings. The van der Waals surface area contributed by atoms with Crippen molar-refractivity contribution in [2.24, 2.45) is 5.92 Å². The van der Waals surface area contributed by atoms with Crippen molar-refractivity contribution >= 4 is 29.1 Å². The number of alkyl halides is 1. The first kappa shape index (κ1) is 11.8. The second-order valence-corrected chi connectivity index (χ2v) is 4.95. The fourth-order valence-corrected chi connectivity index (χ4v) is 2.48. The predicted molar refractivity (Wildman–Crippen MR) is 63.0 cm³/mol. The van der Waals surface area contributed by atoms with E-state index in [4.69, 9.17) is 27.6 Å². The summed E-state index contributed by atoms with van der Waals surface area (Å²) in [6, 6.07) is 3.11. The molecule has 2 unspecified atom stereocenters. The van der Waals surface area contributed by atoms with Crippen molar-refractivity contribution in [2.45, 2.75) is 24.6 Å². The van der Waals surface area contributed by atoms with Crippen LogP contribution in [0.5, 0.6) is 0 Å². The smallest absolute Gasteiger partial charge is 0.287 e. The SMILES string of the molecule is O=C(NCC1CCCC1Cl)c1ccc(Cl)o1. The Morgan fingerprint density at radius 1 is 1.50 bits per heavy atom. The van der Waals surface area contributed by atoms with Gasteiger partial charge in [0.25, 0.3) is 5.91 Å². The average molecular weight is 262 g/mol. The molecule has 0 spiro atoms. The quantitative estimate of drug-likeness (QED) is 0.850. The number of carbonyl (C=O) groups is 1. The van der Waals surface area contributed by atoms with Gasteiger partial charge >= 0.3 is 0 Å². The number of amides is 1. The Labute approximate surface area is 104 Å². The number of furan rings is 1. The largest absolute Gasteiger partial charge is 0.440 e. The first-order chi connectivity index (χ1) is 7.66. The highest BCUT2D eigenvalue weighted by molar-refractivity contribution is 6.29. The van der Waals surface area contributed by atoms with Crippen LogP contribution in [0.25, 0.3) is 0 Å². The number of hydrogen-bond donors (Lipinski definition) is 1. The molecule has 0 saturated heterocycles. The van der Waals surface area contributed by atoms with Gasteiger partial charge in [-0.2, -0.15) is 0 Å². The van der Waals surface area contributed by atoms with Gasteiger partial charge < -0.3 is 9.73 Å². The summed E-state index contributed by atoms with van der Waals surface area (Å²) in [5.74, 6) is 0.382. The summed E-state index contributed by atoms with van der Waals surface area (Å²) in [5.41, 5.74) is 0. The van der Waals surface area contributed by atoms with E-state index in [1.807, 2.05) is 0 Å². The molecule has 5 heteroatoms. The Morgan fingerprint density at radius 2 is 2.31 bits per heavy atom. The van der Waals surface area contributed by atoms with Crippen LogP contribution in [-0.2, 0) is 0 Å². The molecular formula is C11H13Cl2NO2. The third kappa shape index (κ3) is 2.71. The van der Waals surface area contributed by atoms with Crippen molar-refractivity contribution in [1.82, 2.24) is 5.32 Å². The standard InChI is InChI=1S/C11H13Cl2NO2/c12-8-3-1-2-7(8)6-14-11(15)9-4-5-10(13)16-9/h4-5,7-8H,1-3,6H2,(H,14,15). The van der Waals surface area contributed by atoms with E-state index in [0.717, 1.165) is 19.3 Å². The zero-order valence-corrected chi connectivity index (χ0v) is 10.2. The first-order valence-electron chi connectivity index (χ1n) is 5.34. The van der Waals surface area contributed by atoms with Gasteiger partial charge in [-0.3, -0.25) is 4.79 Å². The summed E-state index contributed by atoms with van der Waals surface area (Å²) < 4.78 is 5.01. The van der Waals surface area contributed by atoms with Crippen LogP contribution in [0.1, 0.15) is 29.8 Å². The fraction of sp³-hybridized carbons (Fsp3) is 0.545. The molecule has 1 amide bonds. The van der Waals surface area contributed by atoms with Crippen molar-refractivity contribution in [1.29, 1.82) is 0 Å². The first-order valence-corrected chi connectivity index (χ1v) is 6.16. The lowest BCUT2D eigenvalue weighted by molar-refractivity contribution is 0.0920.